The molecule has 2 aromatic rings. The summed E-state index contributed by atoms with van der Waals surface area (Å²) in [5.41, 5.74) is 1.51. The van der Waals surface area contributed by atoms with E-state index in [9.17, 15) is 10.1 Å². The Morgan fingerprint density at radius 2 is 2.29 bits per heavy atom. The highest BCUT2D eigenvalue weighted by atomic mass is 16.6. The maximum absolute atomic E-state index is 11.1. The van der Waals surface area contributed by atoms with E-state index in [4.69, 9.17) is 5.26 Å². The van der Waals surface area contributed by atoms with Crippen LogP contribution in [0.2, 0.25) is 0 Å². The standard InChI is InChI=1S/C14H15N5O2/c1-2-7-18-12(5-6-17-18)10-16-13-4-3-11(9-15)8-14(13)19(20)21/h3-6,8,16H,2,7,10H2,1H3. The molecule has 0 aliphatic heterocycles. The molecule has 0 bridgehead atoms. The molecule has 1 N–H and O–H groups in total. The van der Waals surface area contributed by atoms with E-state index in [2.05, 4.69) is 17.3 Å². The number of nitriles is 1. The van der Waals surface area contributed by atoms with E-state index in [0.717, 1.165) is 18.7 Å². The fraction of sp³-hybridized carbons (Fsp3) is 0.286. The Morgan fingerprint density at radius 3 is 2.95 bits per heavy atom. The van der Waals surface area contributed by atoms with Gasteiger partial charge in [0.1, 0.15) is 5.69 Å². The molecule has 108 valence electrons. The van der Waals surface area contributed by atoms with Crippen molar-refractivity contribution in [2.45, 2.75) is 26.4 Å². The highest BCUT2D eigenvalue weighted by Crippen LogP contribution is 2.25. The van der Waals surface area contributed by atoms with Gasteiger partial charge in [-0.25, -0.2) is 0 Å². The number of nitro benzene ring substituents is 1. The van der Waals surface area contributed by atoms with Crippen LogP contribution in [-0.4, -0.2) is 14.7 Å². The lowest BCUT2D eigenvalue weighted by Crippen LogP contribution is -2.09. The highest BCUT2D eigenvalue weighted by Gasteiger charge is 2.15. The van der Waals surface area contributed by atoms with Gasteiger partial charge in [0, 0.05) is 18.8 Å². The van der Waals surface area contributed by atoms with Crippen LogP contribution in [0.4, 0.5) is 11.4 Å². The van der Waals surface area contributed by atoms with Crippen LogP contribution >= 0.6 is 0 Å². The number of nitrogens with one attached hydrogen (secondary N) is 1. The largest absolute Gasteiger partial charge is 0.374 e. The zero-order valence-electron chi connectivity index (χ0n) is 11.6. The summed E-state index contributed by atoms with van der Waals surface area (Å²) in [7, 11) is 0. The predicted octanol–water partition coefficient (Wildman–Crippen LogP) is 2.69. The molecule has 1 aromatic carbocycles. The minimum absolute atomic E-state index is 0.101. The summed E-state index contributed by atoms with van der Waals surface area (Å²) in [6.07, 6.45) is 2.67. The van der Waals surface area contributed by atoms with Crippen molar-refractivity contribution < 1.29 is 4.92 Å². The lowest BCUT2D eigenvalue weighted by Gasteiger charge is -2.09. The Bertz CT molecular complexity index is 687. The predicted molar refractivity (Wildman–Crippen MR) is 77.7 cm³/mol. The Kier molecular flexibility index (Phi) is 4.51. The fourth-order valence-corrected chi connectivity index (χ4v) is 2.01. The number of nitro groups is 1. The molecule has 0 unspecified atom stereocenters. The smallest absolute Gasteiger partial charge is 0.293 e. The third-order valence-electron chi connectivity index (χ3n) is 3.02. The van der Waals surface area contributed by atoms with Crippen molar-refractivity contribution >= 4 is 11.4 Å². The molecule has 0 saturated heterocycles. The molecular weight excluding hydrogens is 270 g/mol. The third kappa shape index (κ3) is 3.36. The van der Waals surface area contributed by atoms with E-state index in [0.29, 0.717) is 12.2 Å². The van der Waals surface area contributed by atoms with Crippen LogP contribution in [0.15, 0.2) is 30.5 Å². The molecular formula is C14H15N5O2. The molecule has 0 aliphatic carbocycles. The molecule has 0 amide bonds. The van der Waals surface area contributed by atoms with Crippen LogP contribution < -0.4 is 5.32 Å². The Labute approximate surface area is 122 Å². The van der Waals surface area contributed by atoms with Gasteiger partial charge in [0.05, 0.1) is 28.8 Å². The molecule has 0 fully saturated rings. The maximum Gasteiger partial charge on any atom is 0.293 e. The second-order valence-corrected chi connectivity index (χ2v) is 4.50. The normalized spacial score (nSPS) is 10.1. The highest BCUT2D eigenvalue weighted by molar-refractivity contribution is 5.64. The first kappa shape index (κ1) is 14.5. The first-order chi connectivity index (χ1) is 10.2. The summed E-state index contributed by atoms with van der Waals surface area (Å²) in [5, 5.41) is 27.1. The van der Waals surface area contributed by atoms with Gasteiger partial charge in [0.15, 0.2) is 0 Å². The first-order valence-corrected chi connectivity index (χ1v) is 6.58. The lowest BCUT2D eigenvalue weighted by atomic mass is 10.2. The second-order valence-electron chi connectivity index (χ2n) is 4.50. The summed E-state index contributed by atoms with van der Waals surface area (Å²) in [4.78, 5) is 10.6. The van der Waals surface area contributed by atoms with Gasteiger partial charge in [-0.1, -0.05) is 6.92 Å². The van der Waals surface area contributed by atoms with Gasteiger partial charge in [0.25, 0.3) is 5.69 Å². The van der Waals surface area contributed by atoms with Gasteiger partial charge in [-0.05, 0) is 24.6 Å². The van der Waals surface area contributed by atoms with E-state index in [-0.39, 0.29) is 11.3 Å². The van der Waals surface area contributed by atoms with Crippen molar-refractivity contribution in [2.75, 3.05) is 5.32 Å². The van der Waals surface area contributed by atoms with Crippen LogP contribution in [0.1, 0.15) is 24.6 Å². The van der Waals surface area contributed by atoms with Crippen molar-refractivity contribution in [2.24, 2.45) is 0 Å². The number of benzene rings is 1. The molecule has 1 aromatic heterocycles. The Morgan fingerprint density at radius 1 is 1.48 bits per heavy atom. The lowest BCUT2D eigenvalue weighted by molar-refractivity contribution is -0.384. The van der Waals surface area contributed by atoms with Crippen molar-refractivity contribution in [3.05, 3.63) is 51.8 Å². The van der Waals surface area contributed by atoms with Gasteiger partial charge in [-0.3, -0.25) is 14.8 Å². The number of hydrogen-bond donors (Lipinski definition) is 1. The minimum atomic E-state index is -0.494. The number of rotatable bonds is 6. The monoisotopic (exact) mass is 285 g/mol. The number of anilines is 1. The van der Waals surface area contributed by atoms with Gasteiger partial charge in [-0.2, -0.15) is 10.4 Å². The number of nitrogens with zero attached hydrogens (tertiary/aromatic N) is 4. The zero-order chi connectivity index (χ0) is 15.2. The number of aromatic nitrogens is 2. The van der Waals surface area contributed by atoms with E-state index in [1.54, 1.807) is 18.3 Å². The fourth-order valence-electron chi connectivity index (χ4n) is 2.01. The maximum atomic E-state index is 11.1. The van der Waals surface area contributed by atoms with Crippen LogP contribution in [0.3, 0.4) is 0 Å². The van der Waals surface area contributed by atoms with E-state index in [1.807, 2.05) is 16.8 Å². The average molecular weight is 285 g/mol. The molecule has 1 heterocycles. The SMILES string of the molecule is CCCn1nccc1CNc1ccc(C#N)cc1[N+](=O)[O-]. The molecule has 2 rings (SSSR count). The summed E-state index contributed by atoms with van der Waals surface area (Å²) in [6, 6.07) is 8.15. The van der Waals surface area contributed by atoms with Crippen LogP contribution in [-0.2, 0) is 13.1 Å². The van der Waals surface area contributed by atoms with E-state index < -0.39 is 4.92 Å². The topological polar surface area (TPSA) is 96.8 Å². The van der Waals surface area contributed by atoms with Crippen LogP contribution in [0, 0.1) is 21.4 Å². The summed E-state index contributed by atoms with van der Waals surface area (Å²) in [6.45, 7) is 3.30. The van der Waals surface area contributed by atoms with E-state index in [1.165, 1.54) is 6.07 Å². The van der Waals surface area contributed by atoms with Crippen molar-refractivity contribution in [1.29, 1.82) is 5.26 Å². The minimum Gasteiger partial charge on any atom is -0.374 e. The quantitative estimate of drug-likeness (QED) is 0.650. The van der Waals surface area contributed by atoms with Crippen molar-refractivity contribution in [3.8, 4) is 6.07 Å². The number of aryl methyl sites for hydroxylation is 1. The Hall–Kier alpha value is -2.88. The van der Waals surface area contributed by atoms with Gasteiger partial charge in [-0.15, -0.1) is 0 Å². The van der Waals surface area contributed by atoms with E-state index >= 15 is 0 Å². The van der Waals surface area contributed by atoms with Crippen molar-refractivity contribution in [3.63, 3.8) is 0 Å². The molecule has 0 atom stereocenters. The summed E-state index contributed by atoms with van der Waals surface area (Å²) < 4.78 is 1.86. The molecule has 0 saturated carbocycles. The van der Waals surface area contributed by atoms with Crippen LogP contribution in [0.25, 0.3) is 0 Å². The zero-order valence-corrected chi connectivity index (χ0v) is 11.6. The van der Waals surface area contributed by atoms with Gasteiger partial charge >= 0.3 is 0 Å². The number of hydrogen-bond acceptors (Lipinski definition) is 5. The molecule has 0 radical (unpaired) electrons. The van der Waals surface area contributed by atoms with Gasteiger partial charge in [0.2, 0.25) is 0 Å². The first-order valence-electron chi connectivity index (χ1n) is 6.58. The molecule has 7 nitrogen and oxygen atoms in total. The van der Waals surface area contributed by atoms with Crippen LogP contribution in [0.5, 0.6) is 0 Å². The Balaban J connectivity index is 2.18. The molecule has 21 heavy (non-hydrogen) atoms. The summed E-state index contributed by atoms with van der Waals surface area (Å²) >= 11 is 0. The second kappa shape index (κ2) is 6.52. The molecule has 0 aliphatic rings. The van der Waals surface area contributed by atoms with Crippen molar-refractivity contribution in [1.82, 2.24) is 9.78 Å². The molecule has 0 spiro atoms. The molecule has 7 heteroatoms. The third-order valence-corrected chi connectivity index (χ3v) is 3.02. The van der Waals surface area contributed by atoms with Gasteiger partial charge < -0.3 is 5.32 Å². The summed E-state index contributed by atoms with van der Waals surface area (Å²) in [5.74, 6) is 0. The average Bonchev–Trinajstić information content (AvgIpc) is 2.92.